The van der Waals surface area contributed by atoms with E-state index >= 15 is 0 Å². The first-order chi connectivity index (χ1) is 9.61. The van der Waals surface area contributed by atoms with E-state index < -0.39 is 0 Å². The fourth-order valence-corrected chi connectivity index (χ4v) is 1.96. The standard InChI is InChI=1S/C14H14ClN3O2/c1-20-13-4-2-3-11(15)10(13)8-18-14(19)12-7-9(16)5-6-17-12/h2-7H,8H2,1H3,(H2,16,17)(H,18,19). The fraction of sp³-hybridized carbons (Fsp3) is 0.143. The van der Waals surface area contributed by atoms with Gasteiger partial charge < -0.3 is 15.8 Å². The summed E-state index contributed by atoms with van der Waals surface area (Å²) in [5.41, 5.74) is 7.08. The molecule has 2 aromatic rings. The van der Waals surface area contributed by atoms with E-state index in [0.29, 0.717) is 22.0 Å². The van der Waals surface area contributed by atoms with Gasteiger partial charge in [-0.1, -0.05) is 17.7 Å². The second kappa shape index (κ2) is 6.25. The molecule has 0 saturated heterocycles. The smallest absolute Gasteiger partial charge is 0.270 e. The van der Waals surface area contributed by atoms with Crippen LogP contribution in [0.25, 0.3) is 0 Å². The zero-order valence-electron chi connectivity index (χ0n) is 10.9. The summed E-state index contributed by atoms with van der Waals surface area (Å²) in [6, 6.07) is 8.44. The molecule has 0 bridgehead atoms. The van der Waals surface area contributed by atoms with Crippen molar-refractivity contribution in [2.45, 2.75) is 6.54 Å². The van der Waals surface area contributed by atoms with E-state index in [9.17, 15) is 4.79 Å². The number of nitrogens with two attached hydrogens (primary N) is 1. The van der Waals surface area contributed by atoms with Crippen molar-refractivity contribution in [1.29, 1.82) is 0 Å². The topological polar surface area (TPSA) is 77.2 Å². The maximum atomic E-state index is 12.0. The molecule has 0 aliphatic heterocycles. The second-order valence-corrected chi connectivity index (χ2v) is 4.48. The average Bonchev–Trinajstić information content (AvgIpc) is 2.45. The monoisotopic (exact) mass is 291 g/mol. The van der Waals surface area contributed by atoms with Gasteiger partial charge in [-0.15, -0.1) is 0 Å². The van der Waals surface area contributed by atoms with Crippen LogP contribution in [-0.4, -0.2) is 18.0 Å². The Kier molecular flexibility index (Phi) is 4.42. The van der Waals surface area contributed by atoms with Crippen molar-refractivity contribution in [2.24, 2.45) is 0 Å². The number of amides is 1. The molecule has 0 radical (unpaired) electrons. The first-order valence-corrected chi connectivity index (χ1v) is 6.30. The molecule has 20 heavy (non-hydrogen) atoms. The third-order valence-corrected chi connectivity index (χ3v) is 3.09. The predicted molar refractivity (Wildman–Crippen MR) is 77.8 cm³/mol. The molecule has 0 saturated carbocycles. The molecule has 6 heteroatoms. The van der Waals surface area contributed by atoms with Crippen molar-refractivity contribution in [3.63, 3.8) is 0 Å². The zero-order chi connectivity index (χ0) is 14.5. The van der Waals surface area contributed by atoms with Crippen molar-refractivity contribution < 1.29 is 9.53 Å². The van der Waals surface area contributed by atoms with Crippen LogP contribution in [-0.2, 0) is 6.54 Å². The molecule has 1 aromatic heterocycles. The third kappa shape index (κ3) is 3.19. The van der Waals surface area contributed by atoms with Gasteiger partial charge in [-0.3, -0.25) is 9.78 Å². The summed E-state index contributed by atoms with van der Waals surface area (Å²) in [4.78, 5) is 15.9. The molecule has 104 valence electrons. The quantitative estimate of drug-likeness (QED) is 0.906. The minimum atomic E-state index is -0.320. The highest BCUT2D eigenvalue weighted by atomic mass is 35.5. The molecule has 5 nitrogen and oxygen atoms in total. The van der Waals surface area contributed by atoms with Gasteiger partial charge in [-0.05, 0) is 24.3 Å². The summed E-state index contributed by atoms with van der Waals surface area (Å²) in [7, 11) is 1.55. The van der Waals surface area contributed by atoms with Crippen LogP contribution in [0.1, 0.15) is 16.1 Å². The second-order valence-electron chi connectivity index (χ2n) is 4.08. The number of benzene rings is 1. The Morgan fingerprint density at radius 1 is 1.45 bits per heavy atom. The van der Waals surface area contributed by atoms with Crippen LogP contribution in [0, 0.1) is 0 Å². The van der Waals surface area contributed by atoms with Gasteiger partial charge in [0.25, 0.3) is 5.91 Å². The van der Waals surface area contributed by atoms with Gasteiger partial charge in [0.15, 0.2) is 0 Å². The number of nitrogen functional groups attached to an aromatic ring is 1. The number of carbonyl (C=O) groups is 1. The highest BCUT2D eigenvalue weighted by Crippen LogP contribution is 2.25. The van der Waals surface area contributed by atoms with Crippen LogP contribution in [0.3, 0.4) is 0 Å². The van der Waals surface area contributed by atoms with E-state index in [1.165, 1.54) is 12.3 Å². The summed E-state index contributed by atoms with van der Waals surface area (Å²) in [5, 5.41) is 3.27. The Labute approximate surface area is 121 Å². The lowest BCUT2D eigenvalue weighted by Crippen LogP contribution is -2.24. The van der Waals surface area contributed by atoms with Crippen LogP contribution in [0.5, 0.6) is 5.75 Å². The van der Waals surface area contributed by atoms with Crippen LogP contribution in [0.2, 0.25) is 5.02 Å². The van der Waals surface area contributed by atoms with Crippen LogP contribution in [0.15, 0.2) is 36.5 Å². The number of nitrogens with one attached hydrogen (secondary N) is 1. The zero-order valence-corrected chi connectivity index (χ0v) is 11.6. The number of halogens is 1. The SMILES string of the molecule is COc1cccc(Cl)c1CNC(=O)c1cc(N)ccn1. The molecule has 0 spiro atoms. The summed E-state index contributed by atoms with van der Waals surface area (Å²) in [6.07, 6.45) is 1.49. The predicted octanol–water partition coefficient (Wildman–Crippen LogP) is 2.26. The molecule has 0 aliphatic rings. The number of rotatable bonds is 4. The van der Waals surface area contributed by atoms with E-state index in [0.717, 1.165) is 0 Å². The Morgan fingerprint density at radius 3 is 2.95 bits per heavy atom. The summed E-state index contributed by atoms with van der Waals surface area (Å²) in [5.74, 6) is 0.303. The van der Waals surface area contributed by atoms with Crippen molar-refractivity contribution in [3.05, 3.63) is 52.8 Å². The van der Waals surface area contributed by atoms with Gasteiger partial charge in [0, 0.05) is 29.0 Å². The van der Waals surface area contributed by atoms with E-state index in [1.54, 1.807) is 31.4 Å². The maximum absolute atomic E-state index is 12.0. The number of aromatic nitrogens is 1. The number of nitrogens with zero attached hydrogens (tertiary/aromatic N) is 1. The minimum absolute atomic E-state index is 0.248. The molecule has 1 heterocycles. The Balaban J connectivity index is 2.11. The van der Waals surface area contributed by atoms with Crippen LogP contribution >= 0.6 is 11.6 Å². The van der Waals surface area contributed by atoms with Crippen LogP contribution < -0.4 is 15.8 Å². The number of anilines is 1. The molecule has 0 unspecified atom stereocenters. The third-order valence-electron chi connectivity index (χ3n) is 2.74. The first-order valence-electron chi connectivity index (χ1n) is 5.93. The maximum Gasteiger partial charge on any atom is 0.270 e. The van der Waals surface area contributed by atoms with E-state index in [1.807, 2.05) is 0 Å². The molecule has 1 aromatic carbocycles. The van der Waals surface area contributed by atoms with Gasteiger partial charge in [0.2, 0.25) is 0 Å². The number of hydrogen-bond donors (Lipinski definition) is 2. The Bertz CT molecular complexity index is 632. The molecule has 0 aliphatic carbocycles. The lowest BCUT2D eigenvalue weighted by molar-refractivity contribution is 0.0946. The minimum Gasteiger partial charge on any atom is -0.496 e. The van der Waals surface area contributed by atoms with Gasteiger partial charge in [-0.25, -0.2) is 0 Å². The van der Waals surface area contributed by atoms with Crippen LogP contribution in [0.4, 0.5) is 5.69 Å². The van der Waals surface area contributed by atoms with E-state index in [4.69, 9.17) is 22.1 Å². The van der Waals surface area contributed by atoms with Gasteiger partial charge in [0.1, 0.15) is 11.4 Å². The fourth-order valence-electron chi connectivity index (χ4n) is 1.73. The molecule has 2 rings (SSSR count). The number of hydrogen-bond acceptors (Lipinski definition) is 4. The molecular weight excluding hydrogens is 278 g/mol. The molecule has 1 amide bonds. The Morgan fingerprint density at radius 2 is 2.25 bits per heavy atom. The molecule has 3 N–H and O–H groups in total. The lowest BCUT2D eigenvalue weighted by atomic mass is 10.2. The first kappa shape index (κ1) is 14.1. The largest absolute Gasteiger partial charge is 0.496 e. The number of pyridine rings is 1. The van der Waals surface area contributed by atoms with Crippen molar-refractivity contribution in [3.8, 4) is 5.75 Å². The Hall–Kier alpha value is -2.27. The van der Waals surface area contributed by atoms with Gasteiger partial charge in [-0.2, -0.15) is 0 Å². The van der Waals surface area contributed by atoms with Crippen molar-refractivity contribution in [1.82, 2.24) is 10.3 Å². The average molecular weight is 292 g/mol. The number of methoxy groups -OCH3 is 1. The summed E-state index contributed by atoms with van der Waals surface area (Å²) >= 11 is 6.10. The van der Waals surface area contributed by atoms with Crippen molar-refractivity contribution >= 4 is 23.2 Å². The highest BCUT2D eigenvalue weighted by molar-refractivity contribution is 6.31. The van der Waals surface area contributed by atoms with Crippen molar-refractivity contribution in [2.75, 3.05) is 12.8 Å². The molecule has 0 atom stereocenters. The lowest BCUT2D eigenvalue weighted by Gasteiger charge is -2.11. The number of ether oxygens (including phenoxy) is 1. The normalized spacial score (nSPS) is 10.1. The summed E-state index contributed by atoms with van der Waals surface area (Å²) < 4.78 is 5.21. The molecular formula is C14H14ClN3O2. The van der Waals surface area contributed by atoms with Gasteiger partial charge in [0.05, 0.1) is 7.11 Å². The number of carbonyl (C=O) groups excluding carboxylic acids is 1. The van der Waals surface area contributed by atoms with E-state index in [2.05, 4.69) is 10.3 Å². The van der Waals surface area contributed by atoms with E-state index in [-0.39, 0.29) is 18.1 Å². The summed E-state index contributed by atoms with van der Waals surface area (Å²) in [6.45, 7) is 0.248. The highest BCUT2D eigenvalue weighted by Gasteiger charge is 2.11. The van der Waals surface area contributed by atoms with Gasteiger partial charge >= 0.3 is 0 Å². The molecule has 0 fully saturated rings.